The van der Waals surface area contributed by atoms with Crippen LogP contribution in [-0.2, 0) is 15.6 Å². The largest absolute Gasteiger partial charge is 0.481 e. The van der Waals surface area contributed by atoms with Crippen molar-refractivity contribution < 1.29 is 9.90 Å². The second-order valence-electron chi connectivity index (χ2n) is 6.74. The van der Waals surface area contributed by atoms with E-state index in [0.717, 1.165) is 12.1 Å². The van der Waals surface area contributed by atoms with Crippen LogP contribution in [0.25, 0.3) is 0 Å². The maximum atomic E-state index is 12.0. The first-order valence-corrected chi connectivity index (χ1v) is 6.92. The fraction of sp³-hybridized carbons (Fsp3) is 0.562. The first-order chi connectivity index (χ1) is 8.83. The van der Waals surface area contributed by atoms with Crippen LogP contribution < -0.4 is 5.32 Å². The lowest BCUT2D eigenvalue weighted by molar-refractivity contribution is -0.147. The van der Waals surface area contributed by atoms with E-state index in [9.17, 15) is 9.90 Å². The Balaban J connectivity index is 2.33. The van der Waals surface area contributed by atoms with E-state index < -0.39 is 11.4 Å². The summed E-state index contributed by atoms with van der Waals surface area (Å²) >= 11 is 0. The Hall–Kier alpha value is -1.35. The molecular weight excluding hydrogens is 238 g/mol. The van der Waals surface area contributed by atoms with E-state index in [0.29, 0.717) is 12.8 Å². The molecule has 3 nitrogen and oxygen atoms in total. The zero-order valence-corrected chi connectivity index (χ0v) is 11.8. The maximum absolute atomic E-state index is 12.0. The summed E-state index contributed by atoms with van der Waals surface area (Å²) in [6.45, 7) is 7.37. The fourth-order valence-electron chi connectivity index (χ4n) is 4.02. The molecule has 1 aromatic rings. The molecule has 2 N–H and O–H groups in total. The van der Waals surface area contributed by atoms with Crippen LogP contribution in [0.5, 0.6) is 0 Å². The number of carbonyl (C=O) groups is 1. The minimum Gasteiger partial charge on any atom is -0.481 e. The summed E-state index contributed by atoms with van der Waals surface area (Å²) < 4.78 is 0. The van der Waals surface area contributed by atoms with Crippen LogP contribution in [0.1, 0.15) is 44.7 Å². The van der Waals surface area contributed by atoms with E-state index in [4.69, 9.17) is 0 Å². The third-order valence-electron chi connectivity index (χ3n) is 5.63. The molecule has 2 unspecified atom stereocenters. The van der Waals surface area contributed by atoms with E-state index in [2.05, 4.69) is 32.2 Å². The monoisotopic (exact) mass is 259 g/mol. The number of nitrogens with one attached hydrogen (secondary N) is 1. The number of aliphatic carboxylic acids is 1. The summed E-state index contributed by atoms with van der Waals surface area (Å²) in [6.07, 6.45) is 1.34. The van der Waals surface area contributed by atoms with Gasteiger partial charge >= 0.3 is 5.97 Å². The van der Waals surface area contributed by atoms with Crippen LogP contribution in [0.4, 0.5) is 0 Å². The van der Waals surface area contributed by atoms with Gasteiger partial charge < -0.3 is 10.4 Å². The lowest BCUT2D eigenvalue weighted by Gasteiger charge is -2.58. The minimum absolute atomic E-state index is 0.0665. The molecule has 0 spiro atoms. The molecule has 102 valence electrons. The molecule has 0 radical (unpaired) electrons. The van der Waals surface area contributed by atoms with Gasteiger partial charge in [-0.25, -0.2) is 0 Å². The van der Waals surface area contributed by atoms with Gasteiger partial charge in [-0.2, -0.15) is 0 Å². The van der Waals surface area contributed by atoms with Crippen molar-refractivity contribution in [2.45, 2.75) is 50.0 Å². The van der Waals surface area contributed by atoms with Gasteiger partial charge in [0, 0.05) is 11.0 Å². The number of carboxylic acid groups (broad SMARTS) is 1. The summed E-state index contributed by atoms with van der Waals surface area (Å²) in [5.41, 5.74) is 1.25. The summed E-state index contributed by atoms with van der Waals surface area (Å²) in [5, 5.41) is 13.4. The van der Waals surface area contributed by atoms with E-state index >= 15 is 0 Å². The van der Waals surface area contributed by atoms with Crippen LogP contribution in [0, 0.1) is 0 Å². The molecule has 1 fully saturated rings. The van der Waals surface area contributed by atoms with Gasteiger partial charge in [-0.1, -0.05) is 38.1 Å². The van der Waals surface area contributed by atoms with E-state index in [1.807, 2.05) is 18.2 Å². The van der Waals surface area contributed by atoms with Gasteiger partial charge in [0.05, 0.1) is 5.41 Å². The molecule has 0 aromatic heterocycles. The summed E-state index contributed by atoms with van der Waals surface area (Å²) in [4.78, 5) is 12.0. The first-order valence-electron chi connectivity index (χ1n) is 6.92. The van der Waals surface area contributed by atoms with Crippen molar-refractivity contribution in [3.63, 3.8) is 0 Å². The number of piperidine rings is 1. The number of fused-ring (bicyclic) bond motifs is 4. The second-order valence-corrected chi connectivity index (χ2v) is 6.74. The quantitative estimate of drug-likeness (QED) is 0.814. The van der Waals surface area contributed by atoms with Crippen molar-refractivity contribution in [2.24, 2.45) is 0 Å². The normalized spacial score (nSPS) is 35.5. The molecule has 0 saturated carbocycles. The minimum atomic E-state index is -0.716. The molecule has 2 atom stereocenters. The van der Waals surface area contributed by atoms with Crippen molar-refractivity contribution in [1.29, 1.82) is 0 Å². The van der Waals surface area contributed by atoms with Crippen LogP contribution in [0.2, 0.25) is 0 Å². The van der Waals surface area contributed by atoms with Gasteiger partial charge in [-0.05, 0) is 37.4 Å². The standard InChI is InChI=1S/C16H21NO2/c1-14(2)11-6-4-5-7-12(11)16(13(18)19)8-9-17-15(14,3)10-16/h4-7,17H,8-10H2,1-3H3,(H,18,19). The van der Waals surface area contributed by atoms with Crippen molar-refractivity contribution in [3.05, 3.63) is 35.4 Å². The topological polar surface area (TPSA) is 49.3 Å². The molecule has 0 amide bonds. The van der Waals surface area contributed by atoms with Gasteiger partial charge in [0.2, 0.25) is 0 Å². The molecule has 1 aromatic carbocycles. The predicted octanol–water partition coefficient (Wildman–Crippen LogP) is 2.44. The third-order valence-corrected chi connectivity index (χ3v) is 5.63. The molecule has 1 aliphatic carbocycles. The molecule has 2 bridgehead atoms. The third kappa shape index (κ3) is 1.39. The number of rotatable bonds is 1. The predicted molar refractivity (Wildman–Crippen MR) is 74.4 cm³/mol. The lowest BCUT2D eigenvalue weighted by atomic mass is 9.51. The molecule has 2 aliphatic rings. The van der Waals surface area contributed by atoms with Gasteiger partial charge in [0.25, 0.3) is 0 Å². The van der Waals surface area contributed by atoms with Crippen molar-refractivity contribution in [3.8, 4) is 0 Å². The Labute approximate surface area is 114 Å². The summed E-state index contributed by atoms with van der Waals surface area (Å²) in [7, 11) is 0. The number of carboxylic acids is 1. The zero-order chi connectivity index (χ0) is 13.9. The summed E-state index contributed by atoms with van der Waals surface area (Å²) in [5.74, 6) is -0.678. The van der Waals surface area contributed by atoms with E-state index in [1.165, 1.54) is 5.56 Å². The van der Waals surface area contributed by atoms with Gasteiger partial charge in [0.15, 0.2) is 0 Å². The molecule has 3 rings (SSSR count). The number of benzene rings is 1. The highest BCUT2D eigenvalue weighted by atomic mass is 16.4. The average Bonchev–Trinajstić information content (AvgIpc) is 2.37. The van der Waals surface area contributed by atoms with Crippen molar-refractivity contribution >= 4 is 5.97 Å². The fourth-order valence-corrected chi connectivity index (χ4v) is 4.02. The van der Waals surface area contributed by atoms with Crippen molar-refractivity contribution in [1.82, 2.24) is 5.32 Å². The Morgan fingerprint density at radius 2 is 1.84 bits per heavy atom. The number of hydrogen-bond donors (Lipinski definition) is 2. The highest BCUT2D eigenvalue weighted by molar-refractivity contribution is 5.83. The van der Waals surface area contributed by atoms with Gasteiger partial charge in [-0.15, -0.1) is 0 Å². The molecule has 19 heavy (non-hydrogen) atoms. The highest BCUT2D eigenvalue weighted by Crippen LogP contribution is 2.54. The SMILES string of the molecule is CC12CC(C(=O)O)(CCN1)c1ccccc1C2(C)C. The van der Waals surface area contributed by atoms with Crippen LogP contribution in [0.15, 0.2) is 24.3 Å². The lowest BCUT2D eigenvalue weighted by Crippen LogP contribution is -2.68. The Morgan fingerprint density at radius 1 is 1.21 bits per heavy atom. The Bertz CT molecular complexity index is 551. The molecular formula is C16H21NO2. The van der Waals surface area contributed by atoms with Crippen molar-refractivity contribution in [2.75, 3.05) is 6.54 Å². The molecule has 1 heterocycles. The van der Waals surface area contributed by atoms with E-state index in [1.54, 1.807) is 0 Å². The Kier molecular flexibility index (Phi) is 2.40. The zero-order valence-electron chi connectivity index (χ0n) is 11.8. The average molecular weight is 259 g/mol. The van der Waals surface area contributed by atoms with Crippen LogP contribution in [-0.4, -0.2) is 23.2 Å². The molecule has 1 saturated heterocycles. The first kappa shape index (κ1) is 12.7. The van der Waals surface area contributed by atoms with Crippen LogP contribution in [0.3, 0.4) is 0 Å². The van der Waals surface area contributed by atoms with Crippen LogP contribution >= 0.6 is 0 Å². The Morgan fingerprint density at radius 3 is 2.47 bits per heavy atom. The molecule has 1 aliphatic heterocycles. The number of hydrogen-bond acceptors (Lipinski definition) is 2. The van der Waals surface area contributed by atoms with Gasteiger partial charge in [0.1, 0.15) is 0 Å². The van der Waals surface area contributed by atoms with E-state index in [-0.39, 0.29) is 11.0 Å². The second kappa shape index (κ2) is 3.60. The highest BCUT2D eigenvalue weighted by Gasteiger charge is 2.59. The maximum Gasteiger partial charge on any atom is 0.314 e. The van der Waals surface area contributed by atoms with Gasteiger partial charge in [-0.3, -0.25) is 4.79 Å². The smallest absolute Gasteiger partial charge is 0.314 e. The summed E-state index contributed by atoms with van der Waals surface area (Å²) in [6, 6.07) is 8.08. The molecule has 3 heteroatoms.